The number of aryl methyl sites for hydroxylation is 1. The summed E-state index contributed by atoms with van der Waals surface area (Å²) in [7, 11) is -2.03. The SMILES string of the molecule is Cc1ccc(C=Cc2ccc([P+](c3ccccc3)(c3ccccc3)c3ccccc3)cc2)cc1. The normalized spacial score (nSPS) is 11.6. The second kappa shape index (κ2) is 10.0. The average molecular weight is 456 g/mol. The molecular weight excluding hydrogens is 427 g/mol. The molecule has 0 aromatic heterocycles. The Kier molecular flexibility index (Phi) is 6.52. The Labute approximate surface area is 203 Å². The topological polar surface area (TPSA) is 0 Å². The molecule has 5 aromatic rings. The Morgan fingerprint density at radius 3 is 1.09 bits per heavy atom. The van der Waals surface area contributed by atoms with Gasteiger partial charge < -0.3 is 0 Å². The molecule has 0 nitrogen and oxygen atoms in total. The molecule has 0 bridgehead atoms. The lowest BCUT2D eigenvalue weighted by Gasteiger charge is -2.27. The molecule has 34 heavy (non-hydrogen) atoms. The van der Waals surface area contributed by atoms with Gasteiger partial charge in [0.25, 0.3) is 0 Å². The summed E-state index contributed by atoms with van der Waals surface area (Å²) in [6.45, 7) is 2.12. The molecular formula is C33H28P+. The predicted molar refractivity (Wildman–Crippen MR) is 151 cm³/mol. The standard InChI is InChI=1S/C33H28P/c1-27-17-19-28(20-18-27)21-22-29-23-25-33(26-24-29)34(30-11-5-2-6-12-30,31-13-7-3-8-14-31)32-15-9-4-10-16-32/h2-26H,1H3/q+1. The van der Waals surface area contributed by atoms with Gasteiger partial charge in [-0.05, 0) is 66.6 Å². The summed E-state index contributed by atoms with van der Waals surface area (Å²) >= 11 is 0. The first-order valence-corrected chi connectivity index (χ1v) is 13.5. The molecule has 0 unspecified atom stereocenters. The Morgan fingerprint density at radius 1 is 0.382 bits per heavy atom. The molecule has 164 valence electrons. The molecule has 0 atom stereocenters. The first-order valence-electron chi connectivity index (χ1n) is 11.7. The highest BCUT2D eigenvalue weighted by Gasteiger charge is 2.47. The minimum absolute atomic E-state index is 1.21. The van der Waals surface area contributed by atoms with Gasteiger partial charge in [-0.25, -0.2) is 0 Å². The molecule has 0 fully saturated rings. The van der Waals surface area contributed by atoms with Crippen LogP contribution in [0.4, 0.5) is 0 Å². The third-order valence-corrected chi connectivity index (χ3v) is 10.5. The van der Waals surface area contributed by atoms with Gasteiger partial charge in [0.1, 0.15) is 28.5 Å². The van der Waals surface area contributed by atoms with Crippen LogP contribution in [0, 0.1) is 6.92 Å². The highest BCUT2D eigenvalue weighted by Crippen LogP contribution is 2.54. The van der Waals surface area contributed by atoms with E-state index in [0.717, 1.165) is 0 Å². The lowest BCUT2D eigenvalue weighted by molar-refractivity contribution is 1.46. The number of rotatable bonds is 6. The second-order valence-electron chi connectivity index (χ2n) is 8.51. The molecule has 5 rings (SSSR count). The van der Waals surface area contributed by atoms with E-state index in [4.69, 9.17) is 0 Å². The molecule has 1 heteroatoms. The zero-order chi connectivity index (χ0) is 23.2. The predicted octanol–water partition coefficient (Wildman–Crippen LogP) is 6.78. The molecule has 0 heterocycles. The van der Waals surface area contributed by atoms with Gasteiger partial charge in [-0.3, -0.25) is 0 Å². The minimum atomic E-state index is -2.03. The molecule has 0 radical (unpaired) electrons. The van der Waals surface area contributed by atoms with Crippen LogP contribution in [-0.2, 0) is 0 Å². The summed E-state index contributed by atoms with van der Waals surface area (Å²) in [6.07, 6.45) is 4.38. The van der Waals surface area contributed by atoms with E-state index in [1.807, 2.05) is 0 Å². The highest BCUT2D eigenvalue weighted by atomic mass is 31.2. The highest BCUT2D eigenvalue weighted by molar-refractivity contribution is 8.01. The lowest BCUT2D eigenvalue weighted by Crippen LogP contribution is -2.38. The fourth-order valence-corrected chi connectivity index (χ4v) is 8.77. The van der Waals surface area contributed by atoms with Crippen LogP contribution >= 0.6 is 7.26 Å². The third kappa shape index (κ3) is 4.38. The molecule has 0 amide bonds. The summed E-state index contributed by atoms with van der Waals surface area (Å²) in [6, 6.07) is 50.8. The molecule has 0 N–H and O–H groups in total. The fourth-order valence-electron chi connectivity index (χ4n) is 4.53. The van der Waals surface area contributed by atoms with Crippen LogP contribution in [0.25, 0.3) is 12.2 Å². The maximum Gasteiger partial charge on any atom is 0.144 e. The van der Waals surface area contributed by atoms with Crippen molar-refractivity contribution in [2.75, 3.05) is 0 Å². The fraction of sp³-hybridized carbons (Fsp3) is 0.0303. The van der Waals surface area contributed by atoms with Gasteiger partial charge in [-0.15, -0.1) is 0 Å². The van der Waals surface area contributed by atoms with Crippen molar-refractivity contribution in [2.24, 2.45) is 0 Å². The summed E-state index contributed by atoms with van der Waals surface area (Å²) in [5, 5.41) is 5.48. The van der Waals surface area contributed by atoms with Crippen LogP contribution < -0.4 is 21.2 Å². The molecule has 0 spiro atoms. The van der Waals surface area contributed by atoms with E-state index in [9.17, 15) is 0 Å². The second-order valence-corrected chi connectivity index (χ2v) is 11.9. The van der Waals surface area contributed by atoms with Gasteiger partial charge >= 0.3 is 0 Å². The van der Waals surface area contributed by atoms with E-state index >= 15 is 0 Å². The van der Waals surface area contributed by atoms with Crippen LogP contribution in [-0.4, -0.2) is 0 Å². The van der Waals surface area contributed by atoms with Gasteiger partial charge in [0, 0.05) is 0 Å². The van der Waals surface area contributed by atoms with Gasteiger partial charge in [-0.2, -0.15) is 0 Å². The molecule has 0 aliphatic rings. The minimum Gasteiger partial charge on any atom is -0.0620 e. The van der Waals surface area contributed by atoms with Gasteiger partial charge in [0.2, 0.25) is 0 Å². The first kappa shape index (κ1) is 22.1. The van der Waals surface area contributed by atoms with Crippen molar-refractivity contribution in [2.45, 2.75) is 6.92 Å². The summed E-state index contributed by atoms with van der Waals surface area (Å²) in [5.41, 5.74) is 3.70. The molecule has 0 saturated carbocycles. The third-order valence-electron chi connectivity index (χ3n) is 6.26. The number of benzene rings is 5. The van der Waals surface area contributed by atoms with Crippen molar-refractivity contribution in [3.63, 3.8) is 0 Å². The lowest BCUT2D eigenvalue weighted by atomic mass is 10.1. The Morgan fingerprint density at radius 2 is 0.706 bits per heavy atom. The van der Waals surface area contributed by atoms with Gasteiger partial charge in [0.15, 0.2) is 0 Å². The summed E-state index contributed by atoms with van der Waals surface area (Å²) in [5.74, 6) is 0. The average Bonchev–Trinajstić information content (AvgIpc) is 2.91. The summed E-state index contributed by atoms with van der Waals surface area (Å²) < 4.78 is 0. The zero-order valence-corrected chi connectivity index (χ0v) is 20.3. The van der Waals surface area contributed by atoms with Crippen LogP contribution in [0.5, 0.6) is 0 Å². The first-order chi connectivity index (χ1) is 16.8. The van der Waals surface area contributed by atoms with Crippen LogP contribution in [0.15, 0.2) is 140 Å². The zero-order valence-electron chi connectivity index (χ0n) is 19.4. The van der Waals surface area contributed by atoms with Crippen LogP contribution in [0.1, 0.15) is 16.7 Å². The van der Waals surface area contributed by atoms with Crippen molar-refractivity contribution >= 4 is 40.6 Å². The maximum absolute atomic E-state index is 2.33. The number of hydrogen-bond acceptors (Lipinski definition) is 0. The van der Waals surface area contributed by atoms with Gasteiger partial charge in [-0.1, -0.05) is 109 Å². The Hall–Kier alpha value is -3.73. The quantitative estimate of drug-likeness (QED) is 0.195. The van der Waals surface area contributed by atoms with Gasteiger partial charge in [0.05, 0.1) is 0 Å². The van der Waals surface area contributed by atoms with E-state index in [0.29, 0.717) is 0 Å². The maximum atomic E-state index is 2.33. The van der Waals surface area contributed by atoms with Crippen molar-refractivity contribution in [1.82, 2.24) is 0 Å². The van der Waals surface area contributed by atoms with Crippen molar-refractivity contribution in [3.05, 3.63) is 156 Å². The molecule has 5 aromatic carbocycles. The monoisotopic (exact) mass is 455 g/mol. The van der Waals surface area contributed by atoms with Crippen molar-refractivity contribution in [1.29, 1.82) is 0 Å². The van der Waals surface area contributed by atoms with Crippen LogP contribution in [0.3, 0.4) is 0 Å². The summed E-state index contributed by atoms with van der Waals surface area (Å²) in [4.78, 5) is 0. The number of hydrogen-bond donors (Lipinski definition) is 0. The van der Waals surface area contributed by atoms with E-state index in [1.54, 1.807) is 0 Å². The molecule has 0 saturated heterocycles. The van der Waals surface area contributed by atoms with E-state index in [1.165, 1.54) is 37.9 Å². The molecule has 0 aliphatic heterocycles. The Balaban J connectivity index is 1.64. The molecule has 0 aliphatic carbocycles. The smallest absolute Gasteiger partial charge is 0.0620 e. The van der Waals surface area contributed by atoms with Crippen molar-refractivity contribution < 1.29 is 0 Å². The van der Waals surface area contributed by atoms with E-state index < -0.39 is 7.26 Å². The van der Waals surface area contributed by atoms with E-state index in [2.05, 4.69) is 159 Å². The van der Waals surface area contributed by atoms with Crippen LogP contribution in [0.2, 0.25) is 0 Å². The largest absolute Gasteiger partial charge is 0.144 e. The Bertz CT molecular complexity index is 1260. The van der Waals surface area contributed by atoms with E-state index in [-0.39, 0.29) is 0 Å². The van der Waals surface area contributed by atoms with Crippen molar-refractivity contribution in [3.8, 4) is 0 Å².